The Hall–Kier alpha value is -2.40. The van der Waals surface area contributed by atoms with Crippen LogP contribution in [0, 0.1) is 0 Å². The fraction of sp³-hybridized carbons (Fsp3) is 0.294. The van der Waals surface area contributed by atoms with E-state index in [4.69, 9.17) is 10.7 Å². The third-order valence-corrected chi connectivity index (χ3v) is 4.38. The Labute approximate surface area is 129 Å². The molecule has 2 aromatic heterocycles. The molecule has 0 amide bonds. The highest BCUT2D eigenvalue weighted by molar-refractivity contribution is 5.80. The van der Waals surface area contributed by atoms with Crippen LogP contribution in [0.15, 0.2) is 48.9 Å². The normalized spacial score (nSPS) is 21.6. The maximum Gasteiger partial charge on any atom is 0.129 e. The molecule has 1 saturated heterocycles. The minimum atomic E-state index is 0.0863. The molecule has 0 aliphatic carbocycles. The molecule has 0 spiro atoms. The first-order chi connectivity index (χ1) is 10.7. The van der Waals surface area contributed by atoms with Crippen LogP contribution >= 0.6 is 0 Å². The van der Waals surface area contributed by atoms with E-state index in [1.165, 1.54) is 0 Å². The van der Waals surface area contributed by atoms with Gasteiger partial charge in [-0.25, -0.2) is 9.97 Å². The van der Waals surface area contributed by atoms with Crippen LogP contribution in [0.25, 0.3) is 10.9 Å². The van der Waals surface area contributed by atoms with E-state index < -0.39 is 0 Å². The smallest absolute Gasteiger partial charge is 0.129 e. The van der Waals surface area contributed by atoms with Gasteiger partial charge in [0, 0.05) is 43.7 Å². The van der Waals surface area contributed by atoms with Gasteiger partial charge in [0.15, 0.2) is 0 Å². The molecule has 0 bridgehead atoms. The van der Waals surface area contributed by atoms with Crippen molar-refractivity contribution in [2.75, 3.05) is 18.0 Å². The van der Waals surface area contributed by atoms with Crippen molar-refractivity contribution >= 4 is 16.7 Å². The molecule has 112 valence electrons. The van der Waals surface area contributed by atoms with Gasteiger partial charge in [-0.05, 0) is 18.2 Å². The van der Waals surface area contributed by atoms with Gasteiger partial charge in [-0.3, -0.25) is 0 Å². The van der Waals surface area contributed by atoms with Crippen molar-refractivity contribution in [3.05, 3.63) is 54.6 Å². The first kappa shape index (κ1) is 13.3. The Morgan fingerprint density at radius 2 is 2.00 bits per heavy atom. The van der Waals surface area contributed by atoms with Crippen molar-refractivity contribution < 1.29 is 0 Å². The van der Waals surface area contributed by atoms with Crippen molar-refractivity contribution in [3.63, 3.8) is 0 Å². The van der Waals surface area contributed by atoms with E-state index in [0.717, 1.165) is 35.5 Å². The Morgan fingerprint density at radius 3 is 2.82 bits per heavy atom. The number of aromatic nitrogens is 3. The molecule has 5 nitrogen and oxygen atoms in total. The molecule has 3 aromatic rings. The second-order valence-corrected chi connectivity index (χ2v) is 6.00. The summed E-state index contributed by atoms with van der Waals surface area (Å²) < 4.78 is 1.97. The number of hydrogen-bond donors (Lipinski definition) is 1. The number of benzene rings is 1. The van der Waals surface area contributed by atoms with Gasteiger partial charge in [0.25, 0.3) is 0 Å². The summed E-state index contributed by atoms with van der Waals surface area (Å²) in [6.07, 6.45) is 3.89. The van der Waals surface area contributed by atoms with Crippen molar-refractivity contribution in [2.45, 2.75) is 12.0 Å². The molecule has 3 heterocycles. The van der Waals surface area contributed by atoms with E-state index in [1.54, 1.807) is 0 Å². The number of rotatable bonds is 2. The number of para-hydroxylation sites is 1. The largest absolute Gasteiger partial charge is 0.354 e. The molecule has 1 fully saturated rings. The fourth-order valence-electron chi connectivity index (χ4n) is 3.18. The lowest BCUT2D eigenvalue weighted by molar-refractivity contribution is 0.639. The topological polar surface area (TPSA) is 60.0 Å². The highest BCUT2D eigenvalue weighted by Crippen LogP contribution is 2.29. The van der Waals surface area contributed by atoms with Crippen molar-refractivity contribution in [2.24, 2.45) is 12.8 Å². The van der Waals surface area contributed by atoms with Crippen LogP contribution < -0.4 is 10.6 Å². The number of hydrogen-bond acceptors (Lipinski definition) is 4. The number of imidazole rings is 1. The molecule has 0 unspecified atom stereocenters. The lowest BCUT2D eigenvalue weighted by atomic mass is 10.0. The standard InChI is InChI=1S/C17H19N5/c1-21-10-16(19-11-21)13-8-22(9-14(13)18)17-7-6-12-4-2-3-5-15(12)20-17/h2-7,10-11,13-14H,8-9,18H2,1H3/t13-,14-/m1/s1. The van der Waals surface area contributed by atoms with Crippen LogP contribution in [0.3, 0.4) is 0 Å². The third kappa shape index (κ3) is 2.23. The van der Waals surface area contributed by atoms with Gasteiger partial charge >= 0.3 is 0 Å². The lowest BCUT2D eigenvalue weighted by Crippen LogP contribution is -2.29. The van der Waals surface area contributed by atoms with Crippen LogP contribution in [-0.2, 0) is 7.05 Å². The number of pyridine rings is 1. The summed E-state index contributed by atoms with van der Waals surface area (Å²) in [6, 6.07) is 12.5. The summed E-state index contributed by atoms with van der Waals surface area (Å²) >= 11 is 0. The molecule has 2 atom stereocenters. The number of nitrogens with zero attached hydrogens (tertiary/aromatic N) is 4. The number of nitrogens with two attached hydrogens (primary N) is 1. The van der Waals surface area contributed by atoms with Gasteiger partial charge in [-0.15, -0.1) is 0 Å². The first-order valence-corrected chi connectivity index (χ1v) is 7.55. The van der Waals surface area contributed by atoms with Crippen molar-refractivity contribution in [3.8, 4) is 0 Å². The van der Waals surface area contributed by atoms with E-state index in [1.807, 2.05) is 36.1 Å². The molecule has 0 radical (unpaired) electrons. The summed E-state index contributed by atoms with van der Waals surface area (Å²) in [7, 11) is 1.99. The third-order valence-electron chi connectivity index (χ3n) is 4.38. The average Bonchev–Trinajstić information content (AvgIpc) is 3.12. The SMILES string of the molecule is Cn1cnc([C@@H]2CN(c3ccc4ccccc4n3)C[C@H]2N)c1. The summed E-state index contributed by atoms with van der Waals surface area (Å²) in [4.78, 5) is 11.5. The Bertz CT molecular complexity index is 809. The van der Waals surface area contributed by atoms with Gasteiger partial charge in [0.2, 0.25) is 0 Å². The van der Waals surface area contributed by atoms with E-state index in [9.17, 15) is 0 Å². The average molecular weight is 293 g/mol. The Morgan fingerprint density at radius 1 is 1.14 bits per heavy atom. The molecule has 4 rings (SSSR count). The molecular formula is C17H19N5. The minimum Gasteiger partial charge on any atom is -0.354 e. The van der Waals surface area contributed by atoms with Crippen molar-refractivity contribution in [1.82, 2.24) is 14.5 Å². The maximum atomic E-state index is 6.34. The van der Waals surface area contributed by atoms with Gasteiger partial charge in [0.05, 0.1) is 17.5 Å². The number of aryl methyl sites for hydroxylation is 1. The molecule has 0 saturated carbocycles. The molecule has 1 aromatic carbocycles. The van der Waals surface area contributed by atoms with E-state index in [0.29, 0.717) is 0 Å². The summed E-state index contributed by atoms with van der Waals surface area (Å²) in [5.74, 6) is 1.25. The van der Waals surface area contributed by atoms with Crippen LogP contribution in [-0.4, -0.2) is 33.7 Å². The second-order valence-electron chi connectivity index (χ2n) is 6.00. The van der Waals surface area contributed by atoms with Gasteiger partial charge in [-0.1, -0.05) is 18.2 Å². The van der Waals surface area contributed by atoms with Crippen LogP contribution in [0.2, 0.25) is 0 Å². The zero-order valence-corrected chi connectivity index (χ0v) is 12.6. The quantitative estimate of drug-likeness (QED) is 0.784. The first-order valence-electron chi connectivity index (χ1n) is 7.55. The predicted octanol–water partition coefficient (Wildman–Crippen LogP) is 1.90. The van der Waals surface area contributed by atoms with Crippen LogP contribution in [0.5, 0.6) is 0 Å². The van der Waals surface area contributed by atoms with Crippen LogP contribution in [0.4, 0.5) is 5.82 Å². The minimum absolute atomic E-state index is 0.0863. The molecule has 1 aliphatic rings. The molecule has 1 aliphatic heterocycles. The second kappa shape index (κ2) is 5.10. The lowest BCUT2D eigenvalue weighted by Gasteiger charge is -2.17. The van der Waals surface area contributed by atoms with Gasteiger partial charge in [-0.2, -0.15) is 0 Å². The summed E-state index contributed by atoms with van der Waals surface area (Å²) in [6.45, 7) is 1.68. The highest BCUT2D eigenvalue weighted by Gasteiger charge is 2.33. The summed E-state index contributed by atoms with van der Waals surface area (Å²) in [5, 5.41) is 1.16. The zero-order valence-electron chi connectivity index (χ0n) is 12.6. The zero-order chi connectivity index (χ0) is 15.1. The van der Waals surface area contributed by atoms with Gasteiger partial charge in [0.1, 0.15) is 5.82 Å². The molecule has 5 heteroatoms. The highest BCUT2D eigenvalue weighted by atomic mass is 15.2. The van der Waals surface area contributed by atoms with Crippen molar-refractivity contribution in [1.29, 1.82) is 0 Å². The number of fused-ring (bicyclic) bond motifs is 1. The monoisotopic (exact) mass is 293 g/mol. The van der Waals surface area contributed by atoms with Crippen LogP contribution in [0.1, 0.15) is 11.6 Å². The van der Waals surface area contributed by atoms with E-state index >= 15 is 0 Å². The van der Waals surface area contributed by atoms with E-state index in [2.05, 4.69) is 34.3 Å². The summed E-state index contributed by atoms with van der Waals surface area (Å²) in [5.41, 5.74) is 8.43. The Balaban J connectivity index is 1.62. The van der Waals surface area contributed by atoms with E-state index in [-0.39, 0.29) is 12.0 Å². The Kier molecular flexibility index (Phi) is 3.08. The predicted molar refractivity (Wildman–Crippen MR) is 87.9 cm³/mol. The maximum absolute atomic E-state index is 6.34. The number of anilines is 1. The van der Waals surface area contributed by atoms with Gasteiger partial charge < -0.3 is 15.2 Å². The fourth-order valence-corrected chi connectivity index (χ4v) is 3.18. The molecular weight excluding hydrogens is 274 g/mol. The molecule has 2 N–H and O–H groups in total. The molecule has 22 heavy (non-hydrogen) atoms.